The van der Waals surface area contributed by atoms with Gasteiger partial charge in [-0.2, -0.15) is 0 Å². The van der Waals surface area contributed by atoms with Crippen molar-refractivity contribution in [2.45, 2.75) is 31.0 Å². The van der Waals surface area contributed by atoms with Crippen LogP contribution in [0, 0.1) is 0 Å². The van der Waals surface area contributed by atoms with Crippen LogP contribution in [0.3, 0.4) is 0 Å². The SMILES string of the molecule is CN(Cc1ccccc1)C1COC2(C1)CN(C(=O)Cc1cccc(Cl)c1)C2. The Hall–Kier alpha value is -1.88. The van der Waals surface area contributed by atoms with E-state index in [1.54, 1.807) is 0 Å². The number of amides is 1. The average molecular weight is 385 g/mol. The molecule has 2 aliphatic heterocycles. The van der Waals surface area contributed by atoms with E-state index in [1.807, 2.05) is 35.2 Å². The molecule has 27 heavy (non-hydrogen) atoms. The highest BCUT2D eigenvalue weighted by Crippen LogP contribution is 2.37. The number of benzene rings is 2. The second-order valence-corrected chi connectivity index (χ2v) is 8.25. The Kier molecular flexibility index (Phi) is 5.22. The van der Waals surface area contributed by atoms with E-state index in [1.165, 1.54) is 5.56 Å². The first-order valence-corrected chi connectivity index (χ1v) is 9.81. The van der Waals surface area contributed by atoms with E-state index in [9.17, 15) is 4.79 Å². The molecule has 0 aliphatic carbocycles. The van der Waals surface area contributed by atoms with Crippen molar-refractivity contribution in [3.8, 4) is 0 Å². The summed E-state index contributed by atoms with van der Waals surface area (Å²) in [6, 6.07) is 18.4. The van der Waals surface area contributed by atoms with Crippen molar-refractivity contribution in [1.82, 2.24) is 9.80 Å². The van der Waals surface area contributed by atoms with Gasteiger partial charge in [-0.1, -0.05) is 54.1 Å². The van der Waals surface area contributed by atoms with Gasteiger partial charge in [-0.25, -0.2) is 0 Å². The Labute approximate surface area is 165 Å². The minimum atomic E-state index is -0.153. The fourth-order valence-electron chi connectivity index (χ4n) is 4.08. The molecule has 2 aliphatic rings. The van der Waals surface area contributed by atoms with Crippen molar-refractivity contribution in [3.05, 3.63) is 70.7 Å². The van der Waals surface area contributed by atoms with E-state index in [4.69, 9.17) is 16.3 Å². The van der Waals surface area contributed by atoms with Crippen molar-refractivity contribution in [2.75, 3.05) is 26.7 Å². The van der Waals surface area contributed by atoms with Crippen LogP contribution in [-0.2, 0) is 22.5 Å². The standard InChI is InChI=1S/C22H25ClN2O2/c1-24(13-17-6-3-2-4-7-17)20-12-22(27-14-20)15-25(16-22)21(26)11-18-8-5-9-19(23)10-18/h2-10,20H,11-16H2,1H3. The molecule has 2 fully saturated rings. The number of hydrogen-bond acceptors (Lipinski definition) is 3. The van der Waals surface area contributed by atoms with Gasteiger partial charge in [-0.15, -0.1) is 0 Å². The fourth-order valence-corrected chi connectivity index (χ4v) is 4.30. The third-order valence-electron chi connectivity index (χ3n) is 5.64. The average Bonchev–Trinajstić information content (AvgIpc) is 3.07. The number of likely N-dealkylation sites (tertiary alicyclic amines) is 1. The van der Waals surface area contributed by atoms with E-state index in [0.717, 1.165) is 25.1 Å². The highest BCUT2D eigenvalue weighted by molar-refractivity contribution is 6.30. The number of nitrogens with zero attached hydrogens (tertiary/aromatic N) is 2. The number of halogens is 1. The molecule has 4 nitrogen and oxygen atoms in total. The molecule has 5 heteroatoms. The molecule has 1 amide bonds. The predicted molar refractivity (Wildman–Crippen MR) is 107 cm³/mol. The maximum Gasteiger partial charge on any atom is 0.227 e. The van der Waals surface area contributed by atoms with Gasteiger partial charge in [-0.05, 0) is 36.7 Å². The maximum absolute atomic E-state index is 12.5. The van der Waals surface area contributed by atoms with Crippen LogP contribution in [-0.4, -0.2) is 54.1 Å². The molecule has 0 radical (unpaired) electrons. The van der Waals surface area contributed by atoms with Gasteiger partial charge in [0.1, 0.15) is 5.60 Å². The van der Waals surface area contributed by atoms with Gasteiger partial charge < -0.3 is 9.64 Å². The third kappa shape index (κ3) is 4.18. The lowest BCUT2D eigenvalue weighted by molar-refractivity contribution is -0.157. The Balaban J connectivity index is 1.28. The van der Waals surface area contributed by atoms with Crippen molar-refractivity contribution in [2.24, 2.45) is 0 Å². The third-order valence-corrected chi connectivity index (χ3v) is 5.88. The monoisotopic (exact) mass is 384 g/mol. The van der Waals surface area contributed by atoms with Crippen molar-refractivity contribution in [1.29, 1.82) is 0 Å². The van der Waals surface area contributed by atoms with Crippen LogP contribution < -0.4 is 0 Å². The highest BCUT2D eigenvalue weighted by atomic mass is 35.5. The second-order valence-electron chi connectivity index (χ2n) is 7.81. The van der Waals surface area contributed by atoms with Crippen LogP contribution in [0.15, 0.2) is 54.6 Å². The summed E-state index contributed by atoms with van der Waals surface area (Å²) in [5.41, 5.74) is 2.12. The number of rotatable bonds is 5. The zero-order valence-electron chi connectivity index (χ0n) is 15.6. The quantitative estimate of drug-likeness (QED) is 0.792. The van der Waals surface area contributed by atoms with Crippen molar-refractivity contribution >= 4 is 17.5 Å². The highest BCUT2D eigenvalue weighted by Gasteiger charge is 2.51. The summed E-state index contributed by atoms with van der Waals surface area (Å²) in [7, 11) is 2.15. The Morgan fingerprint density at radius 2 is 1.93 bits per heavy atom. The number of carbonyl (C=O) groups is 1. The van der Waals surface area contributed by atoms with E-state index in [2.05, 4.69) is 36.2 Å². The normalized spacial score (nSPS) is 20.9. The van der Waals surface area contributed by atoms with Gasteiger partial charge in [0.2, 0.25) is 5.91 Å². The largest absolute Gasteiger partial charge is 0.370 e. The molecular formula is C22H25ClN2O2. The first-order valence-electron chi connectivity index (χ1n) is 9.43. The van der Waals surface area contributed by atoms with E-state index < -0.39 is 0 Å². The van der Waals surface area contributed by atoms with Crippen LogP contribution in [0.5, 0.6) is 0 Å². The van der Waals surface area contributed by atoms with E-state index in [-0.39, 0.29) is 11.5 Å². The van der Waals surface area contributed by atoms with Gasteiger partial charge in [0.05, 0.1) is 26.1 Å². The summed E-state index contributed by atoms with van der Waals surface area (Å²) in [6.45, 7) is 3.05. The zero-order valence-corrected chi connectivity index (χ0v) is 16.4. The molecular weight excluding hydrogens is 360 g/mol. The van der Waals surface area contributed by atoms with Crippen LogP contribution in [0.1, 0.15) is 17.5 Å². The molecule has 2 saturated heterocycles. The lowest BCUT2D eigenvalue weighted by Crippen LogP contribution is -2.63. The molecule has 2 aromatic rings. The Morgan fingerprint density at radius 3 is 2.67 bits per heavy atom. The summed E-state index contributed by atoms with van der Waals surface area (Å²) >= 11 is 6.01. The Bertz CT molecular complexity index is 805. The minimum Gasteiger partial charge on any atom is -0.370 e. The first-order chi connectivity index (χ1) is 13.0. The molecule has 0 N–H and O–H groups in total. The fraction of sp³-hybridized carbons (Fsp3) is 0.409. The smallest absolute Gasteiger partial charge is 0.227 e. The van der Waals surface area contributed by atoms with Crippen LogP contribution in [0.25, 0.3) is 0 Å². The Morgan fingerprint density at radius 1 is 1.19 bits per heavy atom. The molecule has 1 unspecified atom stereocenters. The van der Waals surface area contributed by atoms with Gasteiger partial charge in [-0.3, -0.25) is 9.69 Å². The molecule has 0 saturated carbocycles. The summed E-state index contributed by atoms with van der Waals surface area (Å²) < 4.78 is 6.14. The predicted octanol–water partition coefficient (Wildman–Crippen LogP) is 3.38. The zero-order chi connectivity index (χ0) is 18.9. The molecule has 0 aromatic heterocycles. The summed E-state index contributed by atoms with van der Waals surface area (Å²) in [4.78, 5) is 16.8. The van der Waals surface area contributed by atoms with E-state index >= 15 is 0 Å². The lowest BCUT2D eigenvalue weighted by Gasteiger charge is -2.47. The molecule has 2 aromatic carbocycles. The second kappa shape index (κ2) is 7.63. The summed E-state index contributed by atoms with van der Waals surface area (Å²) in [6.07, 6.45) is 1.38. The van der Waals surface area contributed by atoms with Gasteiger partial charge in [0, 0.05) is 17.6 Å². The maximum atomic E-state index is 12.5. The number of carbonyl (C=O) groups excluding carboxylic acids is 1. The van der Waals surface area contributed by atoms with Crippen LogP contribution in [0.2, 0.25) is 5.02 Å². The van der Waals surface area contributed by atoms with E-state index in [0.29, 0.717) is 30.6 Å². The number of ether oxygens (including phenoxy) is 1. The molecule has 0 bridgehead atoms. The number of hydrogen-bond donors (Lipinski definition) is 0. The number of likely N-dealkylation sites (N-methyl/N-ethyl adjacent to an activating group) is 1. The molecule has 2 heterocycles. The summed E-state index contributed by atoms with van der Waals surface area (Å²) in [5, 5.41) is 0.670. The van der Waals surface area contributed by atoms with Crippen LogP contribution in [0.4, 0.5) is 0 Å². The first kappa shape index (κ1) is 18.5. The molecule has 1 atom stereocenters. The van der Waals surface area contributed by atoms with Crippen LogP contribution >= 0.6 is 11.6 Å². The molecule has 1 spiro atoms. The van der Waals surface area contributed by atoms with Crippen molar-refractivity contribution < 1.29 is 9.53 Å². The molecule has 4 rings (SSSR count). The molecule has 142 valence electrons. The van der Waals surface area contributed by atoms with Crippen molar-refractivity contribution in [3.63, 3.8) is 0 Å². The van der Waals surface area contributed by atoms with Gasteiger partial charge in [0.15, 0.2) is 0 Å². The topological polar surface area (TPSA) is 32.8 Å². The van der Waals surface area contributed by atoms with Gasteiger partial charge in [0.25, 0.3) is 0 Å². The lowest BCUT2D eigenvalue weighted by atomic mass is 9.88. The minimum absolute atomic E-state index is 0.146. The summed E-state index contributed by atoms with van der Waals surface area (Å²) in [5.74, 6) is 0.146. The van der Waals surface area contributed by atoms with Gasteiger partial charge >= 0.3 is 0 Å².